The molecule has 0 bridgehead atoms. The normalized spacial score (nSPS) is 11.6. The minimum Gasteiger partial charge on any atom is -0.372 e. The Balaban J connectivity index is 2.66. The average molecular weight is 253 g/mol. The van der Waals surface area contributed by atoms with Crippen LogP contribution in [0.1, 0.15) is 12.5 Å². The molecule has 18 heavy (non-hydrogen) atoms. The molecule has 0 aliphatic rings. The van der Waals surface area contributed by atoms with Gasteiger partial charge < -0.3 is 10.6 Å². The number of carbonyl (C=O) groups excluding carboxylic acids is 2. The molecule has 1 aromatic carbocycles. The number of carbonyl (C=O) groups is 2. The van der Waals surface area contributed by atoms with Crippen molar-refractivity contribution in [3.05, 3.63) is 29.6 Å². The maximum Gasteiger partial charge on any atom is 0.321 e. The number of anilines is 1. The van der Waals surface area contributed by atoms with E-state index in [1.165, 1.54) is 20.0 Å². The quantitative estimate of drug-likeness (QED) is 0.762. The van der Waals surface area contributed by atoms with Crippen molar-refractivity contribution < 1.29 is 14.0 Å². The zero-order valence-corrected chi connectivity index (χ0v) is 10.5. The Kier molecular flexibility index (Phi) is 4.65. The summed E-state index contributed by atoms with van der Waals surface area (Å²) in [6, 6.07) is 3.33. The number of amides is 3. The first-order valence-corrected chi connectivity index (χ1v) is 5.49. The van der Waals surface area contributed by atoms with Gasteiger partial charge in [0.2, 0.25) is 5.91 Å². The van der Waals surface area contributed by atoms with E-state index in [9.17, 15) is 14.0 Å². The van der Waals surface area contributed by atoms with E-state index in [1.807, 2.05) is 0 Å². The third-order valence-electron chi connectivity index (χ3n) is 2.35. The summed E-state index contributed by atoms with van der Waals surface area (Å²) in [5.74, 6) is -0.969. The largest absolute Gasteiger partial charge is 0.372 e. The van der Waals surface area contributed by atoms with Crippen LogP contribution in [0.15, 0.2) is 18.2 Å². The molecule has 1 unspecified atom stereocenters. The number of benzene rings is 1. The Bertz CT molecular complexity index is 463. The SMILES string of the molecule is CNC(=O)NC(=O)C(C)Nc1ccc(C)cc1F. The van der Waals surface area contributed by atoms with E-state index in [0.717, 1.165) is 5.56 Å². The minimum atomic E-state index is -0.723. The molecule has 0 heterocycles. The highest BCUT2D eigenvalue weighted by molar-refractivity contribution is 5.97. The summed E-state index contributed by atoms with van der Waals surface area (Å²) < 4.78 is 13.5. The van der Waals surface area contributed by atoms with Crippen molar-refractivity contribution in [2.75, 3.05) is 12.4 Å². The smallest absolute Gasteiger partial charge is 0.321 e. The number of halogens is 1. The fraction of sp³-hybridized carbons (Fsp3) is 0.333. The summed E-state index contributed by atoms with van der Waals surface area (Å²) in [6.45, 7) is 3.31. The van der Waals surface area contributed by atoms with Crippen LogP contribution in [-0.4, -0.2) is 25.0 Å². The van der Waals surface area contributed by atoms with Gasteiger partial charge in [0, 0.05) is 7.05 Å². The van der Waals surface area contributed by atoms with E-state index in [4.69, 9.17) is 0 Å². The number of imide groups is 1. The molecule has 6 heteroatoms. The van der Waals surface area contributed by atoms with E-state index in [1.54, 1.807) is 19.1 Å². The highest BCUT2D eigenvalue weighted by atomic mass is 19.1. The van der Waals surface area contributed by atoms with E-state index in [-0.39, 0.29) is 5.69 Å². The molecule has 1 rings (SSSR count). The van der Waals surface area contributed by atoms with Crippen molar-refractivity contribution in [1.82, 2.24) is 10.6 Å². The molecule has 1 atom stereocenters. The summed E-state index contributed by atoms with van der Waals surface area (Å²) in [7, 11) is 1.40. The van der Waals surface area contributed by atoms with Crippen LogP contribution < -0.4 is 16.0 Å². The van der Waals surface area contributed by atoms with Crippen LogP contribution in [0.2, 0.25) is 0 Å². The first kappa shape index (κ1) is 14.0. The van der Waals surface area contributed by atoms with E-state index < -0.39 is 23.8 Å². The van der Waals surface area contributed by atoms with Gasteiger partial charge in [-0.1, -0.05) is 6.07 Å². The lowest BCUT2D eigenvalue weighted by molar-refractivity contribution is -0.120. The molecule has 98 valence electrons. The van der Waals surface area contributed by atoms with Crippen LogP contribution in [0.5, 0.6) is 0 Å². The van der Waals surface area contributed by atoms with Crippen LogP contribution in [0, 0.1) is 12.7 Å². The Morgan fingerprint density at radius 3 is 2.56 bits per heavy atom. The molecular formula is C12H16FN3O2. The molecular weight excluding hydrogens is 237 g/mol. The van der Waals surface area contributed by atoms with Gasteiger partial charge in [-0.2, -0.15) is 0 Å². The van der Waals surface area contributed by atoms with Gasteiger partial charge in [0.25, 0.3) is 0 Å². The fourth-order valence-electron chi connectivity index (χ4n) is 1.32. The third kappa shape index (κ3) is 3.73. The van der Waals surface area contributed by atoms with E-state index >= 15 is 0 Å². The van der Waals surface area contributed by atoms with Crippen LogP contribution in [0.4, 0.5) is 14.9 Å². The third-order valence-corrected chi connectivity index (χ3v) is 2.35. The number of hydrogen-bond acceptors (Lipinski definition) is 3. The number of aryl methyl sites for hydroxylation is 1. The number of rotatable bonds is 3. The van der Waals surface area contributed by atoms with Crippen LogP contribution >= 0.6 is 0 Å². The van der Waals surface area contributed by atoms with E-state index in [0.29, 0.717) is 0 Å². The molecule has 0 aliphatic carbocycles. The number of urea groups is 1. The molecule has 0 aliphatic heterocycles. The molecule has 0 saturated heterocycles. The first-order valence-electron chi connectivity index (χ1n) is 5.49. The van der Waals surface area contributed by atoms with E-state index in [2.05, 4.69) is 16.0 Å². The van der Waals surface area contributed by atoms with Crippen molar-refractivity contribution in [3.63, 3.8) is 0 Å². The predicted molar refractivity (Wildman–Crippen MR) is 66.8 cm³/mol. The molecule has 0 spiro atoms. The molecule has 0 saturated carbocycles. The fourth-order valence-corrected chi connectivity index (χ4v) is 1.32. The Labute approximate surface area is 105 Å². The van der Waals surface area contributed by atoms with Crippen molar-refractivity contribution in [1.29, 1.82) is 0 Å². The summed E-state index contributed by atoms with van der Waals surface area (Å²) >= 11 is 0. The van der Waals surface area contributed by atoms with Gasteiger partial charge in [-0.3, -0.25) is 10.1 Å². The summed E-state index contributed by atoms with van der Waals surface area (Å²) in [5.41, 5.74) is 1.01. The van der Waals surface area contributed by atoms with Gasteiger partial charge in [-0.25, -0.2) is 9.18 Å². The summed E-state index contributed by atoms with van der Waals surface area (Å²) in [6.07, 6.45) is 0. The second kappa shape index (κ2) is 6.00. The standard InChI is InChI=1S/C12H16FN3O2/c1-7-4-5-10(9(13)6-7)15-8(2)11(17)16-12(18)14-3/h4-6,8,15H,1-3H3,(H2,14,16,17,18). The van der Waals surface area contributed by atoms with Crippen molar-refractivity contribution in [3.8, 4) is 0 Å². The monoisotopic (exact) mass is 253 g/mol. The Hall–Kier alpha value is -2.11. The lowest BCUT2D eigenvalue weighted by Crippen LogP contribution is -2.44. The molecule has 0 fully saturated rings. The van der Waals surface area contributed by atoms with Gasteiger partial charge in [-0.15, -0.1) is 0 Å². The van der Waals surface area contributed by atoms with Gasteiger partial charge in [0.1, 0.15) is 11.9 Å². The maximum absolute atomic E-state index is 13.5. The van der Waals surface area contributed by atoms with Crippen molar-refractivity contribution >= 4 is 17.6 Å². The molecule has 3 N–H and O–H groups in total. The molecule has 3 amide bonds. The summed E-state index contributed by atoms with van der Waals surface area (Å²) in [4.78, 5) is 22.5. The number of hydrogen-bond donors (Lipinski definition) is 3. The average Bonchev–Trinajstić information content (AvgIpc) is 2.32. The van der Waals surface area contributed by atoms with Crippen molar-refractivity contribution in [2.45, 2.75) is 19.9 Å². The summed E-state index contributed by atoms with van der Waals surface area (Å²) in [5, 5.41) is 7.07. The highest BCUT2D eigenvalue weighted by Crippen LogP contribution is 2.16. The number of nitrogens with one attached hydrogen (secondary N) is 3. The van der Waals surface area contributed by atoms with Gasteiger partial charge in [0.05, 0.1) is 5.69 Å². The predicted octanol–water partition coefficient (Wildman–Crippen LogP) is 1.39. The lowest BCUT2D eigenvalue weighted by Gasteiger charge is -2.15. The second-order valence-corrected chi connectivity index (χ2v) is 3.92. The second-order valence-electron chi connectivity index (χ2n) is 3.92. The van der Waals surface area contributed by atoms with Gasteiger partial charge in [-0.05, 0) is 31.5 Å². The minimum absolute atomic E-state index is 0.222. The molecule has 5 nitrogen and oxygen atoms in total. The Morgan fingerprint density at radius 1 is 1.33 bits per heavy atom. The molecule has 0 radical (unpaired) electrons. The van der Waals surface area contributed by atoms with Crippen LogP contribution in [0.3, 0.4) is 0 Å². The highest BCUT2D eigenvalue weighted by Gasteiger charge is 2.16. The van der Waals surface area contributed by atoms with Crippen molar-refractivity contribution in [2.24, 2.45) is 0 Å². The van der Waals surface area contributed by atoms with Gasteiger partial charge in [0.15, 0.2) is 0 Å². The van der Waals surface area contributed by atoms with Crippen LogP contribution in [-0.2, 0) is 4.79 Å². The topological polar surface area (TPSA) is 70.2 Å². The molecule has 1 aromatic rings. The van der Waals surface area contributed by atoms with Gasteiger partial charge >= 0.3 is 6.03 Å². The van der Waals surface area contributed by atoms with Crippen LogP contribution in [0.25, 0.3) is 0 Å². The molecule has 0 aromatic heterocycles. The lowest BCUT2D eigenvalue weighted by atomic mass is 10.2. The zero-order chi connectivity index (χ0) is 13.7. The maximum atomic E-state index is 13.5. The Morgan fingerprint density at radius 2 is 2.00 bits per heavy atom. The zero-order valence-electron chi connectivity index (χ0n) is 10.5. The first-order chi connectivity index (χ1) is 8.43.